The summed E-state index contributed by atoms with van der Waals surface area (Å²) in [6, 6.07) is 14.0. The van der Waals surface area contributed by atoms with E-state index in [9.17, 15) is 9.18 Å². The SMILES string of the molecule is COc1cccc(CN(C)C(=O)NCCc2ccccc2F)c1. The number of carbonyl (C=O) groups is 1. The van der Waals surface area contributed by atoms with Crippen molar-refractivity contribution in [2.24, 2.45) is 0 Å². The summed E-state index contributed by atoms with van der Waals surface area (Å²) in [5.74, 6) is 0.516. The number of carbonyl (C=O) groups excluding carboxylic acids is 1. The average Bonchev–Trinajstić information content (AvgIpc) is 2.56. The van der Waals surface area contributed by atoms with E-state index in [1.54, 1.807) is 37.3 Å². The zero-order valence-electron chi connectivity index (χ0n) is 13.4. The second kappa shape index (κ2) is 8.17. The smallest absolute Gasteiger partial charge is 0.317 e. The summed E-state index contributed by atoms with van der Waals surface area (Å²) >= 11 is 0. The molecule has 0 aromatic heterocycles. The number of benzene rings is 2. The van der Waals surface area contributed by atoms with Gasteiger partial charge in [0.1, 0.15) is 11.6 Å². The number of nitrogens with zero attached hydrogens (tertiary/aromatic N) is 1. The van der Waals surface area contributed by atoms with E-state index in [4.69, 9.17) is 4.74 Å². The second-order valence-electron chi connectivity index (χ2n) is 5.28. The highest BCUT2D eigenvalue weighted by atomic mass is 19.1. The van der Waals surface area contributed by atoms with Crippen molar-refractivity contribution in [3.63, 3.8) is 0 Å². The van der Waals surface area contributed by atoms with Gasteiger partial charge in [-0.1, -0.05) is 30.3 Å². The van der Waals surface area contributed by atoms with E-state index in [1.807, 2.05) is 24.3 Å². The number of hydrogen-bond donors (Lipinski definition) is 1. The molecule has 0 atom stereocenters. The molecule has 0 unspecified atom stereocenters. The van der Waals surface area contributed by atoms with Crippen molar-refractivity contribution in [2.75, 3.05) is 20.7 Å². The highest BCUT2D eigenvalue weighted by Gasteiger charge is 2.09. The number of nitrogens with one attached hydrogen (secondary N) is 1. The molecular formula is C18H21FN2O2. The summed E-state index contributed by atoms with van der Waals surface area (Å²) in [5, 5.41) is 2.80. The minimum absolute atomic E-state index is 0.191. The number of halogens is 1. The van der Waals surface area contributed by atoms with Crippen molar-refractivity contribution in [1.82, 2.24) is 10.2 Å². The lowest BCUT2D eigenvalue weighted by Crippen LogP contribution is -2.37. The van der Waals surface area contributed by atoms with Gasteiger partial charge in [0.2, 0.25) is 0 Å². The maximum absolute atomic E-state index is 13.5. The Hall–Kier alpha value is -2.56. The van der Waals surface area contributed by atoms with Gasteiger partial charge in [-0.25, -0.2) is 9.18 Å². The molecule has 0 saturated heterocycles. The lowest BCUT2D eigenvalue weighted by atomic mass is 10.1. The minimum atomic E-state index is -0.244. The summed E-state index contributed by atoms with van der Waals surface area (Å²) in [6.07, 6.45) is 0.464. The van der Waals surface area contributed by atoms with Gasteiger partial charge in [-0.2, -0.15) is 0 Å². The largest absolute Gasteiger partial charge is 0.497 e. The predicted octanol–water partition coefficient (Wildman–Crippen LogP) is 3.22. The van der Waals surface area contributed by atoms with Crippen molar-refractivity contribution in [1.29, 1.82) is 0 Å². The van der Waals surface area contributed by atoms with Gasteiger partial charge in [-0.05, 0) is 35.7 Å². The highest BCUT2D eigenvalue weighted by molar-refractivity contribution is 5.73. The van der Waals surface area contributed by atoms with Crippen LogP contribution in [0.3, 0.4) is 0 Å². The first-order valence-electron chi connectivity index (χ1n) is 7.45. The molecule has 23 heavy (non-hydrogen) atoms. The molecule has 2 aromatic carbocycles. The molecule has 5 heteroatoms. The van der Waals surface area contributed by atoms with Crippen LogP contribution in [0.1, 0.15) is 11.1 Å². The molecule has 0 spiro atoms. The van der Waals surface area contributed by atoms with E-state index in [0.29, 0.717) is 25.1 Å². The molecule has 0 aliphatic carbocycles. The van der Waals surface area contributed by atoms with Crippen LogP contribution in [-0.2, 0) is 13.0 Å². The molecule has 2 aromatic rings. The molecule has 122 valence electrons. The van der Waals surface area contributed by atoms with Crippen LogP contribution in [0, 0.1) is 5.82 Å². The van der Waals surface area contributed by atoms with Crippen LogP contribution < -0.4 is 10.1 Å². The van der Waals surface area contributed by atoms with Gasteiger partial charge in [-0.3, -0.25) is 0 Å². The summed E-state index contributed by atoms with van der Waals surface area (Å²) < 4.78 is 18.7. The molecule has 1 N–H and O–H groups in total. The first-order chi connectivity index (χ1) is 11.1. The summed E-state index contributed by atoms with van der Waals surface area (Å²) in [4.78, 5) is 13.6. The van der Waals surface area contributed by atoms with Gasteiger partial charge in [0.05, 0.1) is 7.11 Å². The monoisotopic (exact) mass is 316 g/mol. The van der Waals surface area contributed by atoms with Crippen LogP contribution in [0.15, 0.2) is 48.5 Å². The first-order valence-corrected chi connectivity index (χ1v) is 7.45. The van der Waals surface area contributed by atoms with Crippen molar-refractivity contribution in [3.05, 3.63) is 65.5 Å². The van der Waals surface area contributed by atoms with Crippen LogP contribution >= 0.6 is 0 Å². The number of hydrogen-bond acceptors (Lipinski definition) is 2. The molecule has 0 radical (unpaired) electrons. The van der Waals surface area contributed by atoms with Gasteiger partial charge in [0.15, 0.2) is 0 Å². The minimum Gasteiger partial charge on any atom is -0.497 e. The maximum Gasteiger partial charge on any atom is 0.317 e. The Morgan fingerprint density at radius 2 is 2.00 bits per heavy atom. The third-order valence-corrected chi connectivity index (χ3v) is 3.53. The molecule has 0 fully saturated rings. The van der Waals surface area contributed by atoms with Crippen molar-refractivity contribution >= 4 is 6.03 Å². The molecular weight excluding hydrogens is 295 g/mol. The van der Waals surface area contributed by atoms with Gasteiger partial charge < -0.3 is 15.0 Å². The van der Waals surface area contributed by atoms with Crippen LogP contribution in [-0.4, -0.2) is 31.6 Å². The van der Waals surface area contributed by atoms with E-state index in [1.165, 1.54) is 6.07 Å². The fourth-order valence-corrected chi connectivity index (χ4v) is 2.26. The molecule has 0 saturated carbocycles. The summed E-state index contributed by atoms with van der Waals surface area (Å²) in [6.45, 7) is 0.866. The Labute approximate surface area is 135 Å². The summed E-state index contributed by atoms with van der Waals surface area (Å²) in [5.41, 5.74) is 1.58. The quantitative estimate of drug-likeness (QED) is 0.889. The average molecular weight is 316 g/mol. The van der Waals surface area contributed by atoms with Gasteiger partial charge in [0, 0.05) is 20.1 Å². The zero-order valence-corrected chi connectivity index (χ0v) is 13.4. The second-order valence-corrected chi connectivity index (χ2v) is 5.28. The molecule has 0 aliphatic heterocycles. The summed E-state index contributed by atoms with van der Waals surface area (Å²) in [7, 11) is 3.33. The Balaban J connectivity index is 1.82. The number of amides is 2. The van der Waals surface area contributed by atoms with Gasteiger partial charge >= 0.3 is 6.03 Å². The first kappa shape index (κ1) is 16.8. The van der Waals surface area contributed by atoms with Gasteiger partial charge in [-0.15, -0.1) is 0 Å². The third kappa shape index (κ3) is 4.98. The van der Waals surface area contributed by atoms with E-state index in [2.05, 4.69) is 5.32 Å². The lowest BCUT2D eigenvalue weighted by molar-refractivity contribution is 0.207. The van der Waals surface area contributed by atoms with Crippen molar-refractivity contribution < 1.29 is 13.9 Å². The normalized spacial score (nSPS) is 10.2. The Bertz CT molecular complexity index is 661. The Morgan fingerprint density at radius 1 is 1.22 bits per heavy atom. The Morgan fingerprint density at radius 3 is 2.74 bits per heavy atom. The molecule has 0 heterocycles. The van der Waals surface area contributed by atoms with Crippen molar-refractivity contribution in [3.8, 4) is 5.75 Å². The van der Waals surface area contributed by atoms with E-state index < -0.39 is 0 Å². The number of rotatable bonds is 6. The molecule has 4 nitrogen and oxygen atoms in total. The molecule has 0 bridgehead atoms. The topological polar surface area (TPSA) is 41.6 Å². The van der Waals surface area contributed by atoms with Crippen LogP contribution in [0.5, 0.6) is 5.75 Å². The third-order valence-electron chi connectivity index (χ3n) is 3.53. The Kier molecular flexibility index (Phi) is 5.97. The fourth-order valence-electron chi connectivity index (χ4n) is 2.26. The highest BCUT2D eigenvalue weighted by Crippen LogP contribution is 2.13. The predicted molar refractivity (Wildman–Crippen MR) is 88.0 cm³/mol. The van der Waals surface area contributed by atoms with E-state index in [-0.39, 0.29) is 11.8 Å². The molecule has 0 aliphatic rings. The number of urea groups is 1. The van der Waals surface area contributed by atoms with E-state index in [0.717, 1.165) is 11.3 Å². The fraction of sp³-hybridized carbons (Fsp3) is 0.278. The van der Waals surface area contributed by atoms with E-state index >= 15 is 0 Å². The number of methoxy groups -OCH3 is 1. The van der Waals surface area contributed by atoms with Crippen LogP contribution in [0.2, 0.25) is 0 Å². The van der Waals surface area contributed by atoms with Crippen LogP contribution in [0.4, 0.5) is 9.18 Å². The lowest BCUT2D eigenvalue weighted by Gasteiger charge is -2.18. The van der Waals surface area contributed by atoms with Crippen molar-refractivity contribution in [2.45, 2.75) is 13.0 Å². The zero-order chi connectivity index (χ0) is 16.7. The van der Waals surface area contributed by atoms with Gasteiger partial charge in [0.25, 0.3) is 0 Å². The standard InChI is InChI=1S/C18H21FN2O2/c1-21(13-14-6-5-8-16(12-14)23-2)18(22)20-11-10-15-7-3-4-9-17(15)19/h3-9,12H,10-11,13H2,1-2H3,(H,20,22). The molecule has 2 rings (SSSR count). The van der Waals surface area contributed by atoms with Crippen LogP contribution in [0.25, 0.3) is 0 Å². The molecule has 2 amide bonds. The maximum atomic E-state index is 13.5. The number of ether oxygens (including phenoxy) is 1.